The van der Waals surface area contributed by atoms with Crippen molar-refractivity contribution in [1.82, 2.24) is 0 Å². The molecule has 88 valence electrons. The van der Waals surface area contributed by atoms with E-state index >= 15 is 0 Å². The van der Waals surface area contributed by atoms with Crippen molar-refractivity contribution in [1.29, 1.82) is 0 Å². The number of hydrogen-bond donors (Lipinski definition) is 0. The largest absolute Gasteiger partial charge is 0.350 e. The average molecular weight is 212 g/mol. The van der Waals surface area contributed by atoms with E-state index in [9.17, 15) is 0 Å². The molecule has 2 nitrogen and oxygen atoms in total. The Morgan fingerprint density at radius 2 is 2.07 bits per heavy atom. The van der Waals surface area contributed by atoms with Gasteiger partial charge in [-0.3, -0.25) is 0 Å². The van der Waals surface area contributed by atoms with Crippen LogP contribution < -0.4 is 0 Å². The van der Waals surface area contributed by atoms with Crippen LogP contribution in [0.3, 0.4) is 0 Å². The van der Waals surface area contributed by atoms with Crippen molar-refractivity contribution in [3.05, 3.63) is 0 Å². The van der Waals surface area contributed by atoms with E-state index in [-0.39, 0.29) is 5.79 Å². The highest BCUT2D eigenvalue weighted by molar-refractivity contribution is 4.82. The predicted octanol–water partition coefficient (Wildman–Crippen LogP) is 3.64. The third-order valence-corrected chi connectivity index (χ3v) is 3.66. The van der Waals surface area contributed by atoms with Gasteiger partial charge < -0.3 is 9.47 Å². The molecule has 2 rings (SSSR count). The predicted molar refractivity (Wildman–Crippen MR) is 60.8 cm³/mol. The monoisotopic (exact) mass is 212 g/mol. The fourth-order valence-corrected chi connectivity index (χ4v) is 2.81. The van der Waals surface area contributed by atoms with E-state index in [0.29, 0.717) is 6.10 Å². The molecule has 2 aliphatic rings. The number of hydrogen-bond acceptors (Lipinski definition) is 2. The smallest absolute Gasteiger partial charge is 0.168 e. The summed E-state index contributed by atoms with van der Waals surface area (Å²) in [6, 6.07) is 0. The first kappa shape index (κ1) is 11.4. The summed E-state index contributed by atoms with van der Waals surface area (Å²) in [7, 11) is 0. The van der Waals surface area contributed by atoms with E-state index in [0.717, 1.165) is 19.4 Å². The molecule has 0 radical (unpaired) electrons. The van der Waals surface area contributed by atoms with Crippen LogP contribution in [0.5, 0.6) is 0 Å². The lowest BCUT2D eigenvalue weighted by Gasteiger charge is -2.37. The first-order chi connectivity index (χ1) is 7.35. The molecule has 0 bridgehead atoms. The van der Waals surface area contributed by atoms with E-state index < -0.39 is 0 Å². The third-order valence-electron chi connectivity index (χ3n) is 3.66. The lowest BCUT2D eigenvalue weighted by molar-refractivity contribution is -0.258. The summed E-state index contributed by atoms with van der Waals surface area (Å²) in [5.41, 5.74) is 0. The van der Waals surface area contributed by atoms with E-state index in [1.165, 1.54) is 44.9 Å². The molecule has 2 unspecified atom stereocenters. The van der Waals surface area contributed by atoms with Crippen molar-refractivity contribution < 1.29 is 9.47 Å². The standard InChI is InChI=1S/C13H24O2/c1-2-3-4-7-12-8-5-9-13(15-12)10-6-11-14-13/h12H,2-11H2,1H3. The number of unbranched alkanes of at least 4 members (excludes halogenated alkanes) is 2. The van der Waals surface area contributed by atoms with Crippen molar-refractivity contribution in [2.45, 2.75) is 76.6 Å². The fraction of sp³-hybridized carbons (Fsp3) is 1.00. The first-order valence-corrected chi connectivity index (χ1v) is 6.66. The molecule has 2 aliphatic heterocycles. The molecule has 2 atom stereocenters. The van der Waals surface area contributed by atoms with Gasteiger partial charge in [-0.05, 0) is 25.7 Å². The van der Waals surface area contributed by atoms with Gasteiger partial charge in [-0.15, -0.1) is 0 Å². The molecule has 0 N–H and O–H groups in total. The summed E-state index contributed by atoms with van der Waals surface area (Å²) in [6.07, 6.45) is 11.6. The lowest BCUT2D eigenvalue weighted by Crippen LogP contribution is -2.40. The lowest BCUT2D eigenvalue weighted by atomic mass is 9.96. The highest BCUT2D eigenvalue weighted by atomic mass is 16.7. The second-order valence-corrected chi connectivity index (χ2v) is 4.99. The molecule has 0 aromatic rings. The molecule has 2 heterocycles. The van der Waals surface area contributed by atoms with Crippen LogP contribution in [0, 0.1) is 0 Å². The Bertz CT molecular complexity index is 185. The maximum Gasteiger partial charge on any atom is 0.168 e. The van der Waals surface area contributed by atoms with Gasteiger partial charge in [0.05, 0.1) is 12.7 Å². The van der Waals surface area contributed by atoms with E-state index in [2.05, 4.69) is 6.92 Å². The Balaban J connectivity index is 1.76. The minimum Gasteiger partial charge on any atom is -0.350 e. The van der Waals surface area contributed by atoms with Gasteiger partial charge in [-0.2, -0.15) is 0 Å². The summed E-state index contributed by atoms with van der Waals surface area (Å²) < 4.78 is 12.0. The van der Waals surface area contributed by atoms with Gasteiger partial charge in [0.25, 0.3) is 0 Å². The third kappa shape index (κ3) is 2.94. The van der Waals surface area contributed by atoms with Gasteiger partial charge in [0.15, 0.2) is 5.79 Å². The summed E-state index contributed by atoms with van der Waals surface area (Å²) in [5.74, 6) is -0.158. The van der Waals surface area contributed by atoms with Crippen LogP contribution in [-0.4, -0.2) is 18.5 Å². The van der Waals surface area contributed by atoms with Crippen molar-refractivity contribution >= 4 is 0 Å². The van der Waals surface area contributed by atoms with Crippen LogP contribution in [0.2, 0.25) is 0 Å². The normalized spacial score (nSPS) is 36.2. The van der Waals surface area contributed by atoms with Crippen molar-refractivity contribution in [2.24, 2.45) is 0 Å². The first-order valence-electron chi connectivity index (χ1n) is 6.66. The van der Waals surface area contributed by atoms with Crippen molar-refractivity contribution in [3.63, 3.8) is 0 Å². The van der Waals surface area contributed by atoms with Crippen molar-refractivity contribution in [3.8, 4) is 0 Å². The number of ether oxygens (including phenoxy) is 2. The molecule has 0 aromatic heterocycles. The molecule has 0 aliphatic carbocycles. The Labute approximate surface area is 93.3 Å². The summed E-state index contributed by atoms with van der Waals surface area (Å²) in [4.78, 5) is 0. The van der Waals surface area contributed by atoms with Crippen molar-refractivity contribution in [2.75, 3.05) is 6.61 Å². The second kappa shape index (κ2) is 5.31. The van der Waals surface area contributed by atoms with Crippen LogP contribution in [0.15, 0.2) is 0 Å². The summed E-state index contributed by atoms with van der Waals surface area (Å²) in [6.45, 7) is 3.16. The van der Waals surface area contributed by atoms with E-state index in [4.69, 9.17) is 9.47 Å². The SMILES string of the molecule is CCCCCC1CCCC2(CCCO2)O1. The van der Waals surface area contributed by atoms with E-state index in [1.54, 1.807) is 0 Å². The summed E-state index contributed by atoms with van der Waals surface area (Å²) in [5, 5.41) is 0. The zero-order valence-electron chi connectivity index (χ0n) is 9.96. The molecule has 1 spiro atoms. The Kier molecular flexibility index (Phi) is 4.04. The molecule has 2 heteroatoms. The molecule has 2 fully saturated rings. The molecule has 15 heavy (non-hydrogen) atoms. The minimum atomic E-state index is -0.158. The molecule has 0 aromatic carbocycles. The molecule has 0 saturated carbocycles. The summed E-state index contributed by atoms with van der Waals surface area (Å²) >= 11 is 0. The van der Waals surface area contributed by atoms with Crippen LogP contribution in [-0.2, 0) is 9.47 Å². The Morgan fingerprint density at radius 1 is 1.20 bits per heavy atom. The fourth-order valence-electron chi connectivity index (χ4n) is 2.81. The maximum absolute atomic E-state index is 6.16. The van der Waals surface area contributed by atoms with Crippen LogP contribution in [0.4, 0.5) is 0 Å². The Morgan fingerprint density at radius 3 is 2.80 bits per heavy atom. The van der Waals surface area contributed by atoms with Gasteiger partial charge in [-0.25, -0.2) is 0 Å². The van der Waals surface area contributed by atoms with Crippen LogP contribution in [0.25, 0.3) is 0 Å². The molecule has 2 saturated heterocycles. The number of rotatable bonds is 4. The van der Waals surface area contributed by atoms with Gasteiger partial charge >= 0.3 is 0 Å². The average Bonchev–Trinajstić information content (AvgIpc) is 2.67. The zero-order chi connectivity index (χ0) is 10.6. The van der Waals surface area contributed by atoms with Crippen LogP contribution >= 0.6 is 0 Å². The Hall–Kier alpha value is -0.0800. The molecular formula is C13H24O2. The van der Waals surface area contributed by atoms with Gasteiger partial charge in [0.2, 0.25) is 0 Å². The highest BCUT2D eigenvalue weighted by Gasteiger charge is 2.40. The highest BCUT2D eigenvalue weighted by Crippen LogP contribution is 2.38. The molecular weight excluding hydrogens is 188 g/mol. The zero-order valence-corrected chi connectivity index (χ0v) is 9.96. The van der Waals surface area contributed by atoms with Crippen LogP contribution in [0.1, 0.15) is 64.7 Å². The topological polar surface area (TPSA) is 18.5 Å². The minimum absolute atomic E-state index is 0.158. The molecule has 0 amide bonds. The van der Waals surface area contributed by atoms with Gasteiger partial charge in [0, 0.05) is 12.8 Å². The van der Waals surface area contributed by atoms with E-state index in [1.807, 2.05) is 0 Å². The second-order valence-electron chi connectivity index (χ2n) is 4.99. The quantitative estimate of drug-likeness (QED) is 0.662. The van der Waals surface area contributed by atoms with Gasteiger partial charge in [-0.1, -0.05) is 26.2 Å². The van der Waals surface area contributed by atoms with Gasteiger partial charge in [0.1, 0.15) is 0 Å². The maximum atomic E-state index is 6.16.